The number of carboxylic acid groups (broad SMARTS) is 1. The van der Waals surface area contributed by atoms with Gasteiger partial charge in [-0.3, -0.25) is 14.5 Å². The second-order valence-electron chi connectivity index (χ2n) is 6.20. The maximum absolute atomic E-state index is 14.2. The minimum Gasteiger partial charge on any atom is -0.481 e. The van der Waals surface area contributed by atoms with Crippen molar-refractivity contribution < 1.29 is 23.8 Å². The van der Waals surface area contributed by atoms with Crippen LogP contribution in [0.5, 0.6) is 0 Å². The highest BCUT2D eigenvalue weighted by atomic mass is 19.1. The fraction of sp³-hybridized carbons (Fsp3) is 0.867. The number of halogens is 1. The summed E-state index contributed by atoms with van der Waals surface area (Å²) in [5.41, 5.74) is 0. The van der Waals surface area contributed by atoms with Crippen LogP contribution in [0.1, 0.15) is 26.7 Å². The maximum atomic E-state index is 14.2. The van der Waals surface area contributed by atoms with Crippen molar-refractivity contribution in [3.05, 3.63) is 0 Å². The number of carboxylic acids is 1. The van der Waals surface area contributed by atoms with Gasteiger partial charge in [0.05, 0.1) is 6.10 Å². The summed E-state index contributed by atoms with van der Waals surface area (Å²) in [6.07, 6.45) is -0.539. The maximum Gasteiger partial charge on any atom is 0.315 e. The summed E-state index contributed by atoms with van der Waals surface area (Å²) < 4.78 is 19.7. The number of alkyl halides is 1. The minimum absolute atomic E-state index is 0.106. The van der Waals surface area contributed by atoms with Crippen LogP contribution < -0.4 is 0 Å². The number of hydrogen-bond acceptors (Lipinski definition) is 4. The highest BCUT2D eigenvalue weighted by molar-refractivity contribution is 6.00. The monoisotopic (exact) mass is 301 g/mol. The summed E-state index contributed by atoms with van der Waals surface area (Å²) in [6, 6.07) is -0.208. The van der Waals surface area contributed by atoms with Crippen LogP contribution >= 0.6 is 0 Å². The van der Waals surface area contributed by atoms with Crippen molar-refractivity contribution in [2.75, 3.05) is 20.2 Å². The van der Waals surface area contributed by atoms with Gasteiger partial charge in [-0.05, 0) is 19.4 Å². The molecule has 6 unspecified atom stereocenters. The Kier molecular flexibility index (Phi) is 4.99. The van der Waals surface area contributed by atoms with E-state index < -0.39 is 24.0 Å². The molecule has 2 aliphatic rings. The molecule has 0 spiro atoms. The molecule has 0 amide bonds. The first-order valence-corrected chi connectivity index (χ1v) is 7.59. The summed E-state index contributed by atoms with van der Waals surface area (Å²) in [5.74, 6) is -3.36. The number of ketones is 1. The van der Waals surface area contributed by atoms with Crippen molar-refractivity contribution in [2.24, 2.45) is 17.8 Å². The quantitative estimate of drug-likeness (QED) is 0.794. The number of hydrogen-bond donors (Lipinski definition) is 1. The molecule has 0 aromatic carbocycles. The predicted molar refractivity (Wildman–Crippen MR) is 74.7 cm³/mol. The molecule has 6 heteroatoms. The number of methoxy groups -OCH3 is 1. The third kappa shape index (κ3) is 2.83. The summed E-state index contributed by atoms with van der Waals surface area (Å²) in [6.45, 7) is 4.70. The van der Waals surface area contributed by atoms with Crippen molar-refractivity contribution in [1.82, 2.24) is 4.90 Å². The lowest BCUT2D eigenvalue weighted by Gasteiger charge is -2.51. The molecule has 21 heavy (non-hydrogen) atoms. The SMILES string of the molecule is CCCN1CC(C(=O)O)C(=O)C2CC(F)C(C)C(OC)C21. The van der Waals surface area contributed by atoms with E-state index in [2.05, 4.69) is 0 Å². The van der Waals surface area contributed by atoms with Gasteiger partial charge in [0, 0.05) is 31.5 Å². The van der Waals surface area contributed by atoms with Crippen LogP contribution in [0.2, 0.25) is 0 Å². The van der Waals surface area contributed by atoms with Gasteiger partial charge in [-0.15, -0.1) is 0 Å². The van der Waals surface area contributed by atoms with Crippen LogP contribution in [0.3, 0.4) is 0 Å². The molecule has 2 rings (SSSR count). The Morgan fingerprint density at radius 3 is 2.71 bits per heavy atom. The molecule has 0 bridgehead atoms. The number of fused-ring (bicyclic) bond motifs is 1. The average molecular weight is 301 g/mol. The van der Waals surface area contributed by atoms with E-state index in [1.54, 1.807) is 6.92 Å². The first kappa shape index (κ1) is 16.4. The topological polar surface area (TPSA) is 66.8 Å². The molecule has 1 saturated heterocycles. The molecular formula is C15H24FNO4. The lowest BCUT2D eigenvalue weighted by Crippen LogP contribution is -2.65. The Labute approximate surface area is 124 Å². The van der Waals surface area contributed by atoms with E-state index in [0.29, 0.717) is 6.54 Å². The van der Waals surface area contributed by atoms with Crippen LogP contribution in [0.15, 0.2) is 0 Å². The van der Waals surface area contributed by atoms with Gasteiger partial charge in [0.2, 0.25) is 0 Å². The number of piperidine rings is 1. The summed E-state index contributed by atoms with van der Waals surface area (Å²) in [4.78, 5) is 25.8. The molecule has 1 saturated carbocycles. The molecule has 1 aliphatic heterocycles. The highest BCUT2D eigenvalue weighted by Gasteiger charge is 2.54. The van der Waals surface area contributed by atoms with Crippen LogP contribution in [0.4, 0.5) is 4.39 Å². The molecule has 1 N–H and O–H groups in total. The van der Waals surface area contributed by atoms with E-state index in [1.807, 2.05) is 11.8 Å². The summed E-state index contributed by atoms with van der Waals surface area (Å²) >= 11 is 0. The van der Waals surface area contributed by atoms with Gasteiger partial charge in [-0.2, -0.15) is 0 Å². The number of Topliss-reactive ketones (excluding diaryl/α,β-unsaturated/α-hetero) is 1. The number of likely N-dealkylation sites (tertiary alicyclic amines) is 1. The molecule has 120 valence electrons. The predicted octanol–water partition coefficient (Wildman–Crippen LogP) is 1.36. The molecule has 1 aliphatic carbocycles. The smallest absolute Gasteiger partial charge is 0.315 e. The number of carbonyl (C=O) groups excluding carboxylic acids is 1. The Morgan fingerprint density at radius 1 is 1.52 bits per heavy atom. The molecule has 0 aromatic rings. The van der Waals surface area contributed by atoms with Crippen molar-refractivity contribution >= 4 is 11.8 Å². The largest absolute Gasteiger partial charge is 0.481 e. The van der Waals surface area contributed by atoms with Gasteiger partial charge < -0.3 is 9.84 Å². The summed E-state index contributed by atoms with van der Waals surface area (Å²) in [5, 5.41) is 9.25. The fourth-order valence-corrected chi connectivity index (χ4v) is 3.88. The lowest BCUT2D eigenvalue weighted by molar-refractivity contribution is -0.164. The minimum atomic E-state index is -1.13. The highest BCUT2D eigenvalue weighted by Crippen LogP contribution is 2.40. The second kappa shape index (κ2) is 6.40. The van der Waals surface area contributed by atoms with Gasteiger partial charge in [0.15, 0.2) is 5.78 Å². The average Bonchev–Trinajstić information content (AvgIpc) is 2.43. The lowest BCUT2D eigenvalue weighted by atomic mass is 9.68. The van der Waals surface area contributed by atoms with E-state index in [9.17, 15) is 19.1 Å². The van der Waals surface area contributed by atoms with Gasteiger partial charge in [0.1, 0.15) is 12.1 Å². The van der Waals surface area contributed by atoms with Gasteiger partial charge in [-0.1, -0.05) is 13.8 Å². The molecule has 0 aromatic heterocycles. The molecule has 6 atom stereocenters. The van der Waals surface area contributed by atoms with Crippen LogP contribution in [0.25, 0.3) is 0 Å². The number of carbonyl (C=O) groups is 2. The third-order valence-corrected chi connectivity index (χ3v) is 4.95. The Balaban J connectivity index is 2.34. The van der Waals surface area contributed by atoms with E-state index >= 15 is 0 Å². The van der Waals surface area contributed by atoms with E-state index in [4.69, 9.17) is 4.74 Å². The molecule has 0 radical (unpaired) electrons. The Hall–Kier alpha value is -1.01. The van der Waals surface area contributed by atoms with Gasteiger partial charge in [0.25, 0.3) is 0 Å². The normalized spacial score (nSPS) is 40.9. The number of rotatable bonds is 4. The first-order valence-electron chi connectivity index (χ1n) is 7.59. The molecule has 1 heterocycles. The standard InChI is InChI=1S/C15H24FNO4/c1-4-5-17-7-10(15(19)20)13(18)9-6-11(16)8(2)14(21-3)12(9)17/h8-12,14H,4-7H2,1-3H3,(H,19,20). The van der Waals surface area contributed by atoms with Crippen molar-refractivity contribution in [2.45, 2.75) is 45.0 Å². The zero-order chi connectivity index (χ0) is 15.7. The van der Waals surface area contributed by atoms with E-state index in [-0.39, 0.29) is 36.8 Å². The summed E-state index contributed by atoms with van der Waals surface area (Å²) in [7, 11) is 1.54. The molecule has 2 fully saturated rings. The van der Waals surface area contributed by atoms with Crippen LogP contribution in [-0.4, -0.2) is 60.3 Å². The fourth-order valence-electron chi connectivity index (χ4n) is 3.88. The third-order valence-electron chi connectivity index (χ3n) is 4.95. The zero-order valence-electron chi connectivity index (χ0n) is 12.8. The zero-order valence-corrected chi connectivity index (χ0v) is 12.8. The number of ether oxygens (including phenoxy) is 1. The molecule has 5 nitrogen and oxygen atoms in total. The van der Waals surface area contributed by atoms with Crippen molar-refractivity contribution in [3.8, 4) is 0 Å². The Bertz CT molecular complexity index is 416. The van der Waals surface area contributed by atoms with Gasteiger partial charge >= 0.3 is 5.97 Å². The van der Waals surface area contributed by atoms with Crippen LogP contribution in [-0.2, 0) is 14.3 Å². The van der Waals surface area contributed by atoms with E-state index in [0.717, 1.165) is 6.42 Å². The van der Waals surface area contributed by atoms with E-state index in [1.165, 1.54) is 7.11 Å². The van der Waals surface area contributed by atoms with Crippen LogP contribution in [0, 0.1) is 17.8 Å². The number of aliphatic carboxylic acids is 1. The second-order valence-corrected chi connectivity index (χ2v) is 6.20. The number of nitrogens with zero attached hydrogens (tertiary/aromatic N) is 1. The van der Waals surface area contributed by atoms with Crippen molar-refractivity contribution in [3.63, 3.8) is 0 Å². The first-order chi connectivity index (χ1) is 9.92. The Morgan fingerprint density at radius 2 is 2.19 bits per heavy atom. The van der Waals surface area contributed by atoms with Crippen molar-refractivity contribution in [1.29, 1.82) is 0 Å². The molecular weight excluding hydrogens is 277 g/mol. The van der Waals surface area contributed by atoms with Gasteiger partial charge in [-0.25, -0.2) is 4.39 Å².